The van der Waals surface area contributed by atoms with Crippen molar-refractivity contribution >= 4 is 29.0 Å². The fourth-order valence-electron chi connectivity index (χ4n) is 2.78. The highest BCUT2D eigenvalue weighted by molar-refractivity contribution is 7.09. The van der Waals surface area contributed by atoms with Gasteiger partial charge in [-0.2, -0.15) is 13.2 Å². The lowest BCUT2D eigenvalue weighted by Crippen LogP contribution is -2.48. The van der Waals surface area contributed by atoms with Crippen LogP contribution in [0.1, 0.15) is 16.3 Å². The maximum absolute atomic E-state index is 12.8. The van der Waals surface area contributed by atoms with Gasteiger partial charge in [-0.1, -0.05) is 6.07 Å². The Kier molecular flexibility index (Phi) is 5.31. The van der Waals surface area contributed by atoms with Crippen LogP contribution < -0.4 is 4.90 Å². The summed E-state index contributed by atoms with van der Waals surface area (Å²) in [7, 11) is 0. The van der Waals surface area contributed by atoms with E-state index in [0.717, 1.165) is 22.8 Å². The summed E-state index contributed by atoms with van der Waals surface area (Å²) >= 11 is 1.52. The second-order valence-corrected chi connectivity index (χ2v) is 7.05. The summed E-state index contributed by atoms with van der Waals surface area (Å²) in [6.07, 6.45) is -1.17. The first-order chi connectivity index (χ1) is 12.3. The van der Waals surface area contributed by atoms with Crippen molar-refractivity contribution in [2.24, 2.45) is 0 Å². The van der Waals surface area contributed by atoms with Gasteiger partial charge in [0.1, 0.15) is 0 Å². The molecule has 0 unspecified atom stereocenters. The highest BCUT2D eigenvalue weighted by Gasteiger charge is 2.31. The van der Waals surface area contributed by atoms with E-state index in [0.29, 0.717) is 31.9 Å². The Bertz CT molecular complexity index is 808. The van der Waals surface area contributed by atoms with Crippen LogP contribution in [0.2, 0.25) is 0 Å². The van der Waals surface area contributed by atoms with Crippen LogP contribution >= 0.6 is 11.3 Å². The SMILES string of the molecule is Cc1nc(/C=C/C(=O)N2CCN(c3cccc(C(F)(F)F)c3)CC2)cs1. The fraction of sp³-hybridized carbons (Fsp3) is 0.333. The number of aryl methyl sites for hydroxylation is 1. The molecule has 1 aromatic heterocycles. The van der Waals surface area contributed by atoms with Gasteiger partial charge in [0.2, 0.25) is 5.91 Å². The molecule has 1 amide bonds. The van der Waals surface area contributed by atoms with Crippen LogP contribution in [0.25, 0.3) is 6.08 Å². The van der Waals surface area contributed by atoms with Gasteiger partial charge in [-0.15, -0.1) is 11.3 Å². The second-order valence-electron chi connectivity index (χ2n) is 5.99. The number of aromatic nitrogens is 1. The summed E-state index contributed by atoms with van der Waals surface area (Å²) in [5.41, 5.74) is 0.624. The molecule has 3 rings (SSSR count). The van der Waals surface area contributed by atoms with E-state index < -0.39 is 11.7 Å². The van der Waals surface area contributed by atoms with Crippen LogP contribution in [0.4, 0.5) is 18.9 Å². The first-order valence-electron chi connectivity index (χ1n) is 8.14. The first kappa shape index (κ1) is 18.4. The number of carbonyl (C=O) groups excluding carboxylic acids is 1. The third kappa shape index (κ3) is 4.43. The summed E-state index contributed by atoms with van der Waals surface area (Å²) < 4.78 is 38.5. The molecular formula is C18H18F3N3OS. The molecule has 0 saturated carbocycles. The minimum atomic E-state index is -4.35. The van der Waals surface area contributed by atoms with Crippen LogP contribution in [0.5, 0.6) is 0 Å². The van der Waals surface area contributed by atoms with Gasteiger partial charge in [0.15, 0.2) is 0 Å². The topological polar surface area (TPSA) is 36.4 Å². The van der Waals surface area contributed by atoms with E-state index >= 15 is 0 Å². The lowest BCUT2D eigenvalue weighted by atomic mass is 10.1. The number of amides is 1. The Balaban J connectivity index is 1.59. The predicted molar refractivity (Wildman–Crippen MR) is 96.1 cm³/mol. The molecular weight excluding hydrogens is 363 g/mol. The van der Waals surface area contributed by atoms with Gasteiger partial charge in [0.25, 0.3) is 0 Å². The molecule has 4 nitrogen and oxygen atoms in total. The van der Waals surface area contributed by atoms with E-state index in [-0.39, 0.29) is 5.91 Å². The van der Waals surface area contributed by atoms with Crippen molar-refractivity contribution in [1.82, 2.24) is 9.88 Å². The van der Waals surface area contributed by atoms with E-state index in [9.17, 15) is 18.0 Å². The third-order valence-electron chi connectivity index (χ3n) is 4.16. The molecule has 0 atom stereocenters. The molecule has 0 aliphatic carbocycles. The number of halogens is 3. The van der Waals surface area contributed by atoms with E-state index in [1.54, 1.807) is 17.0 Å². The molecule has 1 saturated heterocycles. The molecule has 1 aromatic carbocycles. The molecule has 0 radical (unpaired) electrons. The molecule has 1 aliphatic heterocycles. The van der Waals surface area contributed by atoms with Crippen molar-refractivity contribution < 1.29 is 18.0 Å². The molecule has 2 aromatic rings. The van der Waals surface area contributed by atoms with Gasteiger partial charge in [0, 0.05) is 43.3 Å². The number of hydrogen-bond donors (Lipinski definition) is 0. The molecule has 0 N–H and O–H groups in total. The van der Waals surface area contributed by atoms with Crippen LogP contribution in [-0.4, -0.2) is 42.0 Å². The zero-order chi connectivity index (χ0) is 18.7. The molecule has 138 valence electrons. The van der Waals surface area contributed by atoms with Gasteiger partial charge in [0.05, 0.1) is 16.3 Å². The Morgan fingerprint density at radius 3 is 2.58 bits per heavy atom. The zero-order valence-corrected chi connectivity index (χ0v) is 15.0. The molecule has 1 aliphatic rings. The van der Waals surface area contributed by atoms with Crippen molar-refractivity contribution in [3.8, 4) is 0 Å². The standard InChI is InChI=1S/C18H18F3N3OS/c1-13-22-15(12-26-13)5-6-17(25)24-9-7-23(8-10-24)16-4-2-3-14(11-16)18(19,20)21/h2-6,11-12H,7-10H2,1H3/b6-5+. The molecule has 1 fully saturated rings. The number of thiazole rings is 1. The van der Waals surface area contributed by atoms with Crippen molar-refractivity contribution in [1.29, 1.82) is 0 Å². The summed E-state index contributed by atoms with van der Waals surface area (Å²) in [6, 6.07) is 5.29. The van der Waals surface area contributed by atoms with E-state index in [4.69, 9.17) is 0 Å². The van der Waals surface area contributed by atoms with Crippen LogP contribution in [0.3, 0.4) is 0 Å². The summed E-state index contributed by atoms with van der Waals surface area (Å²) in [5, 5.41) is 2.82. The first-order valence-corrected chi connectivity index (χ1v) is 9.02. The Hall–Kier alpha value is -2.35. The van der Waals surface area contributed by atoms with Crippen molar-refractivity contribution in [2.75, 3.05) is 31.1 Å². The predicted octanol–water partition coefficient (Wildman–Crippen LogP) is 3.83. The smallest absolute Gasteiger partial charge is 0.368 e. The maximum atomic E-state index is 12.8. The number of rotatable bonds is 3. The normalized spacial score (nSPS) is 15.7. The second kappa shape index (κ2) is 7.49. The summed E-state index contributed by atoms with van der Waals surface area (Å²) in [6.45, 7) is 3.83. The summed E-state index contributed by atoms with van der Waals surface area (Å²) in [5.74, 6) is -0.112. The van der Waals surface area contributed by atoms with Crippen LogP contribution in [0, 0.1) is 6.92 Å². The summed E-state index contributed by atoms with van der Waals surface area (Å²) in [4.78, 5) is 20.1. The molecule has 2 heterocycles. The number of benzene rings is 1. The van der Waals surface area contributed by atoms with E-state index in [1.807, 2.05) is 17.2 Å². The van der Waals surface area contributed by atoms with E-state index in [2.05, 4.69) is 4.98 Å². The van der Waals surface area contributed by atoms with E-state index in [1.165, 1.54) is 23.5 Å². The monoisotopic (exact) mass is 381 g/mol. The number of hydrogen-bond acceptors (Lipinski definition) is 4. The Morgan fingerprint density at radius 2 is 1.96 bits per heavy atom. The lowest BCUT2D eigenvalue weighted by molar-refractivity contribution is -0.137. The number of anilines is 1. The van der Waals surface area contributed by atoms with Crippen molar-refractivity contribution in [2.45, 2.75) is 13.1 Å². The minimum absolute atomic E-state index is 0.112. The molecule has 0 spiro atoms. The molecule has 8 heteroatoms. The van der Waals surface area contributed by atoms with Gasteiger partial charge in [-0.25, -0.2) is 4.98 Å². The highest BCUT2D eigenvalue weighted by atomic mass is 32.1. The fourth-order valence-corrected chi connectivity index (χ4v) is 3.36. The third-order valence-corrected chi connectivity index (χ3v) is 4.96. The van der Waals surface area contributed by atoms with Crippen LogP contribution in [0.15, 0.2) is 35.7 Å². The zero-order valence-electron chi connectivity index (χ0n) is 14.2. The lowest BCUT2D eigenvalue weighted by Gasteiger charge is -2.35. The van der Waals surface area contributed by atoms with Gasteiger partial charge in [-0.3, -0.25) is 4.79 Å². The van der Waals surface area contributed by atoms with Gasteiger partial charge >= 0.3 is 6.18 Å². The Morgan fingerprint density at radius 1 is 1.23 bits per heavy atom. The molecule has 0 bridgehead atoms. The average Bonchev–Trinajstić information content (AvgIpc) is 3.04. The number of piperazine rings is 1. The van der Waals surface area contributed by atoms with Crippen LogP contribution in [-0.2, 0) is 11.0 Å². The van der Waals surface area contributed by atoms with Crippen molar-refractivity contribution in [3.63, 3.8) is 0 Å². The highest BCUT2D eigenvalue weighted by Crippen LogP contribution is 2.31. The number of carbonyl (C=O) groups is 1. The molecule has 26 heavy (non-hydrogen) atoms. The largest absolute Gasteiger partial charge is 0.416 e. The Labute approximate surface area is 153 Å². The average molecular weight is 381 g/mol. The van der Waals surface area contributed by atoms with Gasteiger partial charge < -0.3 is 9.80 Å². The quantitative estimate of drug-likeness (QED) is 0.758. The van der Waals surface area contributed by atoms with Crippen molar-refractivity contribution in [3.05, 3.63) is 52.0 Å². The minimum Gasteiger partial charge on any atom is -0.368 e. The number of alkyl halides is 3. The van der Waals surface area contributed by atoms with Gasteiger partial charge in [-0.05, 0) is 31.2 Å². The maximum Gasteiger partial charge on any atom is 0.416 e. The number of nitrogens with zero attached hydrogens (tertiary/aromatic N) is 3.